The Hall–Kier alpha value is -2.14. The normalized spacial score (nSPS) is 11.6. The van der Waals surface area contributed by atoms with Gasteiger partial charge in [-0.1, -0.05) is 12.1 Å². The van der Waals surface area contributed by atoms with Gasteiger partial charge in [0.05, 0.1) is 11.3 Å². The summed E-state index contributed by atoms with van der Waals surface area (Å²) in [6.45, 7) is 8.27. The summed E-state index contributed by atoms with van der Waals surface area (Å²) >= 11 is 0. The Bertz CT molecular complexity index is 677. The zero-order valence-electron chi connectivity index (χ0n) is 15.6. The molecule has 0 saturated carbocycles. The first-order valence-corrected chi connectivity index (χ1v) is 8.86. The topological polar surface area (TPSA) is 78.0 Å². The lowest BCUT2D eigenvalue weighted by Gasteiger charge is -2.16. The molecule has 0 bridgehead atoms. The van der Waals surface area contributed by atoms with Crippen LogP contribution >= 0.6 is 0 Å². The number of nitrogens with zero attached hydrogens (tertiary/aromatic N) is 1. The number of amides is 1. The van der Waals surface area contributed by atoms with Gasteiger partial charge in [-0.25, -0.2) is 0 Å². The van der Waals surface area contributed by atoms with E-state index in [1.807, 2.05) is 38.1 Å². The molecule has 3 N–H and O–H groups in total. The Labute approximate surface area is 149 Å². The van der Waals surface area contributed by atoms with Gasteiger partial charge in [-0.2, -0.15) is 5.10 Å². The van der Waals surface area contributed by atoms with E-state index < -0.39 is 5.60 Å². The molecule has 1 amide bonds. The van der Waals surface area contributed by atoms with Crippen molar-refractivity contribution in [1.82, 2.24) is 15.5 Å². The molecule has 0 aliphatic heterocycles. The van der Waals surface area contributed by atoms with E-state index in [0.717, 1.165) is 36.2 Å². The van der Waals surface area contributed by atoms with Gasteiger partial charge in [-0.15, -0.1) is 0 Å². The Morgan fingerprint density at radius 2 is 1.88 bits per heavy atom. The van der Waals surface area contributed by atoms with Gasteiger partial charge >= 0.3 is 0 Å². The van der Waals surface area contributed by atoms with Gasteiger partial charge in [0, 0.05) is 17.8 Å². The number of aliphatic hydroxyl groups is 1. The molecule has 0 fully saturated rings. The first-order chi connectivity index (χ1) is 11.8. The van der Waals surface area contributed by atoms with Crippen molar-refractivity contribution in [1.29, 1.82) is 0 Å². The highest BCUT2D eigenvalue weighted by molar-refractivity contribution is 5.94. The smallest absolute Gasteiger partial charge is 0.251 e. The van der Waals surface area contributed by atoms with E-state index in [1.165, 1.54) is 5.56 Å². The largest absolute Gasteiger partial charge is 0.390 e. The molecule has 1 aromatic carbocycles. The standard InChI is InChI=1S/C20H29N3O2/c1-14-18(15(2)23-22-14)6-5-13-21-19(24)17-9-7-16(8-10-17)11-12-20(3,4)25/h7-10,25H,5-6,11-13H2,1-4H3,(H,21,24)(H,22,23). The molecule has 0 atom stereocenters. The van der Waals surface area contributed by atoms with Crippen LogP contribution in [0.5, 0.6) is 0 Å². The van der Waals surface area contributed by atoms with Crippen LogP contribution in [0.3, 0.4) is 0 Å². The first kappa shape index (κ1) is 19.2. The molecule has 0 radical (unpaired) electrons. The summed E-state index contributed by atoms with van der Waals surface area (Å²) in [6.07, 6.45) is 3.29. The third kappa shape index (κ3) is 6.02. The van der Waals surface area contributed by atoms with E-state index in [4.69, 9.17) is 0 Å². The SMILES string of the molecule is Cc1n[nH]c(C)c1CCCNC(=O)c1ccc(CCC(C)(C)O)cc1. The van der Waals surface area contributed by atoms with Crippen LogP contribution in [0, 0.1) is 13.8 Å². The first-order valence-electron chi connectivity index (χ1n) is 8.86. The van der Waals surface area contributed by atoms with Crippen LogP contribution in [0.4, 0.5) is 0 Å². The van der Waals surface area contributed by atoms with Gasteiger partial charge < -0.3 is 10.4 Å². The van der Waals surface area contributed by atoms with Crippen molar-refractivity contribution in [3.63, 3.8) is 0 Å². The predicted molar refractivity (Wildman–Crippen MR) is 99.8 cm³/mol. The summed E-state index contributed by atoms with van der Waals surface area (Å²) in [5.41, 5.74) is 4.51. The number of hydrogen-bond acceptors (Lipinski definition) is 3. The number of benzene rings is 1. The van der Waals surface area contributed by atoms with E-state index in [1.54, 1.807) is 13.8 Å². The Morgan fingerprint density at radius 3 is 2.44 bits per heavy atom. The number of aromatic amines is 1. The van der Waals surface area contributed by atoms with E-state index >= 15 is 0 Å². The van der Waals surface area contributed by atoms with Crippen molar-refractivity contribution < 1.29 is 9.90 Å². The fourth-order valence-corrected chi connectivity index (χ4v) is 2.78. The average molecular weight is 343 g/mol. The molecular weight excluding hydrogens is 314 g/mol. The molecule has 0 aliphatic carbocycles. The van der Waals surface area contributed by atoms with Gasteiger partial charge in [-0.05, 0) is 76.6 Å². The molecule has 0 saturated heterocycles. The second kappa shape index (κ2) is 8.30. The fraction of sp³-hybridized carbons (Fsp3) is 0.500. The minimum Gasteiger partial charge on any atom is -0.390 e. The van der Waals surface area contributed by atoms with Crippen LogP contribution in [0.2, 0.25) is 0 Å². The highest BCUT2D eigenvalue weighted by Gasteiger charge is 2.12. The van der Waals surface area contributed by atoms with Crippen molar-refractivity contribution >= 4 is 5.91 Å². The molecule has 136 valence electrons. The lowest BCUT2D eigenvalue weighted by Crippen LogP contribution is -2.24. The zero-order valence-corrected chi connectivity index (χ0v) is 15.6. The summed E-state index contributed by atoms with van der Waals surface area (Å²) in [7, 11) is 0. The van der Waals surface area contributed by atoms with E-state index in [-0.39, 0.29) is 5.91 Å². The Balaban J connectivity index is 1.77. The van der Waals surface area contributed by atoms with E-state index in [2.05, 4.69) is 15.5 Å². The Kier molecular flexibility index (Phi) is 6.37. The second-order valence-corrected chi connectivity index (χ2v) is 7.28. The summed E-state index contributed by atoms with van der Waals surface area (Å²) in [5.74, 6) is -0.0466. The highest BCUT2D eigenvalue weighted by Crippen LogP contribution is 2.14. The summed E-state index contributed by atoms with van der Waals surface area (Å²) in [6, 6.07) is 7.61. The molecular formula is C20H29N3O2. The molecule has 1 heterocycles. The van der Waals surface area contributed by atoms with Crippen molar-refractivity contribution in [3.8, 4) is 0 Å². The van der Waals surface area contributed by atoms with Crippen LogP contribution in [-0.4, -0.2) is 33.4 Å². The fourth-order valence-electron chi connectivity index (χ4n) is 2.78. The molecule has 5 nitrogen and oxygen atoms in total. The number of aromatic nitrogens is 2. The molecule has 2 rings (SSSR count). The van der Waals surface area contributed by atoms with Gasteiger partial charge in [0.15, 0.2) is 0 Å². The molecule has 5 heteroatoms. The molecule has 0 unspecified atom stereocenters. The van der Waals surface area contributed by atoms with Crippen LogP contribution in [0.15, 0.2) is 24.3 Å². The van der Waals surface area contributed by atoms with E-state index in [9.17, 15) is 9.90 Å². The minimum atomic E-state index is -0.665. The number of aryl methyl sites for hydroxylation is 3. The molecule has 25 heavy (non-hydrogen) atoms. The van der Waals surface area contributed by atoms with E-state index in [0.29, 0.717) is 18.5 Å². The van der Waals surface area contributed by atoms with Gasteiger partial charge in [0.2, 0.25) is 0 Å². The third-order valence-corrected chi connectivity index (χ3v) is 4.41. The summed E-state index contributed by atoms with van der Waals surface area (Å²) in [4.78, 5) is 12.2. The lowest BCUT2D eigenvalue weighted by atomic mass is 9.98. The van der Waals surface area contributed by atoms with Crippen LogP contribution in [-0.2, 0) is 12.8 Å². The average Bonchev–Trinajstić information content (AvgIpc) is 2.88. The highest BCUT2D eigenvalue weighted by atomic mass is 16.3. The second-order valence-electron chi connectivity index (χ2n) is 7.28. The number of rotatable bonds is 8. The summed E-state index contributed by atoms with van der Waals surface area (Å²) in [5, 5.41) is 19.9. The molecule has 0 aliphatic rings. The monoisotopic (exact) mass is 343 g/mol. The maximum atomic E-state index is 12.2. The lowest BCUT2D eigenvalue weighted by molar-refractivity contribution is 0.0713. The van der Waals surface area contributed by atoms with Crippen molar-refractivity contribution in [2.75, 3.05) is 6.54 Å². The van der Waals surface area contributed by atoms with Crippen LogP contribution in [0.25, 0.3) is 0 Å². The third-order valence-electron chi connectivity index (χ3n) is 4.41. The van der Waals surface area contributed by atoms with Crippen LogP contribution in [0.1, 0.15) is 59.6 Å². The van der Waals surface area contributed by atoms with Gasteiger partial charge in [0.1, 0.15) is 0 Å². The molecule has 2 aromatic rings. The number of hydrogen-bond donors (Lipinski definition) is 3. The maximum Gasteiger partial charge on any atom is 0.251 e. The van der Waals surface area contributed by atoms with Gasteiger partial charge in [0.25, 0.3) is 5.91 Å². The number of carbonyl (C=O) groups excluding carboxylic acids is 1. The number of carbonyl (C=O) groups is 1. The predicted octanol–water partition coefficient (Wildman–Crippen LogP) is 3.09. The quantitative estimate of drug-likeness (QED) is 0.645. The zero-order chi connectivity index (χ0) is 18.4. The molecule has 0 spiro atoms. The maximum absolute atomic E-state index is 12.2. The van der Waals surface area contributed by atoms with Gasteiger partial charge in [-0.3, -0.25) is 9.89 Å². The van der Waals surface area contributed by atoms with Crippen molar-refractivity contribution in [2.45, 2.75) is 59.0 Å². The number of H-pyrrole nitrogens is 1. The van der Waals surface area contributed by atoms with Crippen molar-refractivity contribution in [2.24, 2.45) is 0 Å². The minimum absolute atomic E-state index is 0.0466. The Morgan fingerprint density at radius 1 is 1.20 bits per heavy atom. The van der Waals surface area contributed by atoms with Crippen LogP contribution < -0.4 is 5.32 Å². The summed E-state index contributed by atoms with van der Waals surface area (Å²) < 4.78 is 0. The van der Waals surface area contributed by atoms with Crippen molar-refractivity contribution in [3.05, 3.63) is 52.3 Å². The molecule has 1 aromatic heterocycles. The number of nitrogens with one attached hydrogen (secondary N) is 2.